The van der Waals surface area contributed by atoms with E-state index in [2.05, 4.69) is 15.0 Å². The maximum Gasteiger partial charge on any atom is 0.407 e. The first-order valence-corrected chi connectivity index (χ1v) is 10.7. The van der Waals surface area contributed by atoms with Crippen LogP contribution in [0.4, 0.5) is 9.93 Å². The third-order valence-corrected chi connectivity index (χ3v) is 6.91. The summed E-state index contributed by atoms with van der Waals surface area (Å²) in [5, 5.41) is 17.8. The number of nitrogens with one attached hydrogen (secondary N) is 1. The number of anilines is 1. The Morgan fingerprint density at radius 2 is 1.93 bits per heavy atom. The highest BCUT2D eigenvalue weighted by Crippen LogP contribution is 2.48. The van der Waals surface area contributed by atoms with Gasteiger partial charge in [-0.2, -0.15) is 5.10 Å². The summed E-state index contributed by atoms with van der Waals surface area (Å²) in [5.74, 6) is 0.456. The highest BCUT2D eigenvalue weighted by Gasteiger charge is 2.37. The summed E-state index contributed by atoms with van der Waals surface area (Å²) in [5.41, 5.74) is 4.77. The van der Waals surface area contributed by atoms with Crippen molar-refractivity contribution in [3.63, 3.8) is 0 Å². The molecule has 1 saturated carbocycles. The molecule has 148 valence electrons. The van der Waals surface area contributed by atoms with Crippen molar-refractivity contribution in [3.8, 4) is 10.6 Å². The molecule has 2 amide bonds. The second-order valence-corrected chi connectivity index (χ2v) is 8.91. The van der Waals surface area contributed by atoms with E-state index >= 15 is 0 Å². The van der Waals surface area contributed by atoms with Gasteiger partial charge in [0.15, 0.2) is 5.13 Å². The third-order valence-electron chi connectivity index (χ3n) is 5.89. The monoisotopic (exact) mass is 401 g/mol. The minimum absolute atomic E-state index is 0.112. The smallest absolute Gasteiger partial charge is 0.407 e. The highest BCUT2D eigenvalue weighted by molar-refractivity contribution is 7.19. The van der Waals surface area contributed by atoms with Gasteiger partial charge < -0.3 is 15.3 Å². The largest absolute Gasteiger partial charge is 0.465 e. The maximum absolute atomic E-state index is 11.5. The third kappa shape index (κ3) is 2.97. The molecule has 0 unspecified atom stereocenters. The number of carbonyl (C=O) groups excluding carboxylic acids is 1. The maximum atomic E-state index is 11.5. The van der Waals surface area contributed by atoms with Crippen LogP contribution in [-0.4, -0.2) is 49.9 Å². The van der Waals surface area contributed by atoms with E-state index in [1.165, 1.54) is 47.3 Å². The number of fused-ring (bicyclic) bond motifs is 3. The zero-order chi connectivity index (χ0) is 19.4. The standard InChI is InChI=1S/C19H23N5O3S/c1-10(25)20-18-21-14-5-4-13-15(11-2-3-11)22-24(16(13)17(14)28-18)12-6-8-23(9-7-12)19(26)27/h11-12H,2-9H2,1H3,(H,26,27)(H,20,21,25). The summed E-state index contributed by atoms with van der Waals surface area (Å²) >= 11 is 1.53. The summed E-state index contributed by atoms with van der Waals surface area (Å²) in [6.07, 6.45) is 4.92. The van der Waals surface area contributed by atoms with Crippen molar-refractivity contribution in [2.24, 2.45) is 0 Å². The number of hydrogen-bond acceptors (Lipinski definition) is 5. The molecule has 1 saturated heterocycles. The molecular formula is C19H23N5O3S. The number of nitrogens with zero attached hydrogens (tertiary/aromatic N) is 4. The fourth-order valence-corrected chi connectivity index (χ4v) is 5.50. The number of piperidine rings is 1. The summed E-state index contributed by atoms with van der Waals surface area (Å²) < 4.78 is 2.16. The van der Waals surface area contributed by atoms with Gasteiger partial charge >= 0.3 is 6.09 Å². The minimum atomic E-state index is -0.843. The summed E-state index contributed by atoms with van der Waals surface area (Å²) in [6, 6.07) is 0.203. The van der Waals surface area contributed by atoms with Crippen molar-refractivity contribution >= 4 is 28.5 Å². The molecule has 2 aromatic heterocycles. The van der Waals surface area contributed by atoms with Gasteiger partial charge in [0.2, 0.25) is 5.91 Å². The Balaban J connectivity index is 1.53. The van der Waals surface area contributed by atoms with Crippen molar-refractivity contribution in [1.82, 2.24) is 19.7 Å². The molecule has 3 aliphatic rings. The summed E-state index contributed by atoms with van der Waals surface area (Å²) in [4.78, 5) is 30.0. The number of amides is 2. The van der Waals surface area contributed by atoms with Gasteiger partial charge in [0.25, 0.3) is 0 Å². The van der Waals surface area contributed by atoms with Gasteiger partial charge in [-0.05, 0) is 38.5 Å². The predicted octanol–water partition coefficient (Wildman–Crippen LogP) is 3.26. The Kier molecular flexibility index (Phi) is 4.15. The van der Waals surface area contributed by atoms with Crippen molar-refractivity contribution in [2.75, 3.05) is 18.4 Å². The van der Waals surface area contributed by atoms with E-state index in [-0.39, 0.29) is 11.9 Å². The molecule has 2 N–H and O–H groups in total. The van der Waals surface area contributed by atoms with Crippen molar-refractivity contribution in [3.05, 3.63) is 17.0 Å². The van der Waals surface area contributed by atoms with Gasteiger partial charge in [0.1, 0.15) is 0 Å². The Morgan fingerprint density at radius 3 is 2.57 bits per heavy atom. The van der Waals surface area contributed by atoms with Crippen LogP contribution >= 0.6 is 11.3 Å². The molecular weight excluding hydrogens is 378 g/mol. The van der Waals surface area contributed by atoms with Crippen LogP contribution in [-0.2, 0) is 17.6 Å². The number of thiazole rings is 1. The van der Waals surface area contributed by atoms with Gasteiger partial charge in [-0.25, -0.2) is 9.78 Å². The minimum Gasteiger partial charge on any atom is -0.465 e. The lowest BCUT2D eigenvalue weighted by atomic mass is 9.95. The predicted molar refractivity (Wildman–Crippen MR) is 105 cm³/mol. The van der Waals surface area contributed by atoms with Crippen LogP contribution in [0.3, 0.4) is 0 Å². The second-order valence-electron chi connectivity index (χ2n) is 7.91. The number of aromatic nitrogens is 3. The molecule has 8 nitrogen and oxygen atoms in total. The molecule has 0 bridgehead atoms. The zero-order valence-electron chi connectivity index (χ0n) is 15.8. The van der Waals surface area contributed by atoms with Gasteiger partial charge in [0, 0.05) is 31.5 Å². The Hall–Kier alpha value is -2.42. The summed E-state index contributed by atoms with van der Waals surface area (Å²) in [7, 11) is 0. The van der Waals surface area contributed by atoms with E-state index < -0.39 is 6.09 Å². The van der Waals surface area contributed by atoms with Crippen LogP contribution < -0.4 is 5.32 Å². The second kappa shape index (κ2) is 6.58. The lowest BCUT2D eigenvalue weighted by Crippen LogP contribution is -2.38. The number of likely N-dealkylation sites (tertiary alicyclic amines) is 1. The van der Waals surface area contributed by atoms with E-state index in [1.54, 1.807) is 0 Å². The molecule has 2 aliphatic carbocycles. The first-order valence-electron chi connectivity index (χ1n) is 9.88. The van der Waals surface area contributed by atoms with Gasteiger partial charge in [-0.3, -0.25) is 9.48 Å². The quantitative estimate of drug-likeness (QED) is 0.822. The molecule has 2 aromatic rings. The van der Waals surface area contributed by atoms with Crippen LogP contribution in [0.15, 0.2) is 0 Å². The van der Waals surface area contributed by atoms with E-state index in [4.69, 9.17) is 5.10 Å². The number of aryl methyl sites for hydroxylation is 1. The lowest BCUT2D eigenvalue weighted by molar-refractivity contribution is -0.114. The lowest BCUT2D eigenvalue weighted by Gasteiger charge is -2.31. The molecule has 5 rings (SSSR count). The molecule has 0 atom stereocenters. The normalized spacial score (nSPS) is 19.2. The van der Waals surface area contributed by atoms with Crippen LogP contribution in [0.1, 0.15) is 61.5 Å². The molecule has 28 heavy (non-hydrogen) atoms. The van der Waals surface area contributed by atoms with Gasteiger partial charge in [0.05, 0.1) is 28.0 Å². The topological polar surface area (TPSA) is 100 Å². The molecule has 0 aromatic carbocycles. The number of rotatable bonds is 3. The van der Waals surface area contributed by atoms with Crippen LogP contribution in [0.2, 0.25) is 0 Å². The van der Waals surface area contributed by atoms with Crippen LogP contribution in [0.5, 0.6) is 0 Å². The molecule has 9 heteroatoms. The number of hydrogen-bond donors (Lipinski definition) is 2. The van der Waals surface area contributed by atoms with Crippen LogP contribution in [0, 0.1) is 0 Å². The molecule has 0 spiro atoms. The molecule has 3 heterocycles. The molecule has 1 aliphatic heterocycles. The van der Waals surface area contributed by atoms with Gasteiger partial charge in [-0.1, -0.05) is 11.3 Å². The van der Waals surface area contributed by atoms with Crippen molar-refractivity contribution in [1.29, 1.82) is 0 Å². The van der Waals surface area contributed by atoms with Gasteiger partial charge in [-0.15, -0.1) is 0 Å². The number of carbonyl (C=O) groups is 2. The van der Waals surface area contributed by atoms with Crippen molar-refractivity contribution < 1.29 is 14.7 Å². The molecule has 0 radical (unpaired) electrons. The Bertz CT molecular complexity index is 953. The van der Waals surface area contributed by atoms with E-state index in [0.717, 1.165) is 41.9 Å². The van der Waals surface area contributed by atoms with E-state index in [9.17, 15) is 14.7 Å². The highest BCUT2D eigenvalue weighted by atomic mass is 32.1. The zero-order valence-corrected chi connectivity index (χ0v) is 16.6. The fourth-order valence-electron chi connectivity index (χ4n) is 4.38. The first kappa shape index (κ1) is 17.7. The first-order chi connectivity index (χ1) is 13.5. The SMILES string of the molecule is CC(=O)Nc1nc2c(s1)-c1c(c(C3CC3)nn1C1CCN(C(=O)O)CC1)CC2. The molecule has 2 fully saturated rings. The fraction of sp³-hybridized carbons (Fsp3) is 0.579. The Labute approximate surface area is 166 Å². The Morgan fingerprint density at radius 1 is 1.18 bits per heavy atom. The average molecular weight is 401 g/mol. The van der Waals surface area contributed by atoms with Crippen molar-refractivity contribution in [2.45, 2.75) is 57.4 Å². The van der Waals surface area contributed by atoms with E-state index in [0.29, 0.717) is 24.1 Å². The van der Waals surface area contributed by atoms with Crippen LogP contribution in [0.25, 0.3) is 10.6 Å². The summed E-state index contributed by atoms with van der Waals surface area (Å²) in [6.45, 7) is 2.58. The average Bonchev–Trinajstić information content (AvgIpc) is 3.31. The van der Waals surface area contributed by atoms with E-state index in [1.807, 2.05) is 0 Å². The number of carboxylic acid groups (broad SMARTS) is 1.